The van der Waals surface area contributed by atoms with E-state index >= 15 is 0 Å². The smallest absolute Gasteiger partial charge is 0.308 e. The number of aromatic nitrogens is 1. The van der Waals surface area contributed by atoms with Crippen molar-refractivity contribution in [1.29, 1.82) is 0 Å². The van der Waals surface area contributed by atoms with E-state index in [2.05, 4.69) is 11.1 Å². The minimum Gasteiger partial charge on any atom is -0.469 e. The van der Waals surface area contributed by atoms with Crippen molar-refractivity contribution >= 4 is 17.6 Å². The SMILES string of the molecule is COC(=O)C1CCC(c2cc(C)c(Cl)[nH]2)CC1. The molecule has 94 valence electrons. The van der Waals surface area contributed by atoms with Crippen LogP contribution in [0.4, 0.5) is 0 Å². The first-order valence-corrected chi connectivity index (χ1v) is 6.42. The van der Waals surface area contributed by atoms with Crippen molar-refractivity contribution in [3.05, 3.63) is 22.5 Å². The Bertz CT molecular complexity index is 386. The van der Waals surface area contributed by atoms with Gasteiger partial charge in [-0.15, -0.1) is 0 Å². The predicted octanol–water partition coefficient (Wildman–Crippen LogP) is 3.42. The minimum absolute atomic E-state index is 0.0656. The van der Waals surface area contributed by atoms with E-state index < -0.39 is 0 Å². The van der Waals surface area contributed by atoms with Gasteiger partial charge in [-0.25, -0.2) is 0 Å². The Kier molecular flexibility index (Phi) is 3.77. The lowest BCUT2D eigenvalue weighted by Gasteiger charge is -2.26. The summed E-state index contributed by atoms with van der Waals surface area (Å²) in [5.74, 6) is 0.522. The van der Waals surface area contributed by atoms with Gasteiger partial charge in [0, 0.05) is 5.69 Å². The number of carbonyl (C=O) groups is 1. The van der Waals surface area contributed by atoms with E-state index in [1.165, 1.54) is 12.8 Å². The largest absolute Gasteiger partial charge is 0.469 e. The summed E-state index contributed by atoms with van der Waals surface area (Å²) in [4.78, 5) is 14.6. The first-order chi connectivity index (χ1) is 8.11. The second-order valence-corrected chi connectivity index (χ2v) is 5.17. The molecule has 0 atom stereocenters. The van der Waals surface area contributed by atoms with Gasteiger partial charge < -0.3 is 9.72 Å². The van der Waals surface area contributed by atoms with Crippen LogP contribution in [0.5, 0.6) is 0 Å². The van der Waals surface area contributed by atoms with E-state index in [1.54, 1.807) is 0 Å². The van der Waals surface area contributed by atoms with E-state index in [9.17, 15) is 4.79 Å². The predicted molar refractivity (Wildman–Crippen MR) is 67.3 cm³/mol. The van der Waals surface area contributed by atoms with Crippen LogP contribution in [0.3, 0.4) is 0 Å². The number of aryl methyl sites for hydroxylation is 1. The van der Waals surface area contributed by atoms with Crippen LogP contribution in [0.1, 0.15) is 42.9 Å². The number of methoxy groups -OCH3 is 1. The third-order valence-corrected chi connectivity index (χ3v) is 4.07. The van der Waals surface area contributed by atoms with Crippen LogP contribution >= 0.6 is 11.6 Å². The summed E-state index contributed by atoms with van der Waals surface area (Å²) >= 11 is 6.02. The molecule has 3 nitrogen and oxygen atoms in total. The number of nitrogens with one attached hydrogen (secondary N) is 1. The maximum Gasteiger partial charge on any atom is 0.308 e. The van der Waals surface area contributed by atoms with Gasteiger partial charge in [0.2, 0.25) is 0 Å². The van der Waals surface area contributed by atoms with Crippen LogP contribution in [-0.2, 0) is 9.53 Å². The molecule has 2 rings (SSSR count). The highest BCUT2D eigenvalue weighted by Gasteiger charge is 2.28. The van der Waals surface area contributed by atoms with Gasteiger partial charge in [-0.2, -0.15) is 0 Å². The number of carbonyl (C=O) groups excluding carboxylic acids is 1. The normalized spacial score (nSPS) is 24.6. The highest BCUT2D eigenvalue weighted by Crippen LogP contribution is 2.36. The van der Waals surface area contributed by atoms with Gasteiger partial charge in [0.15, 0.2) is 0 Å². The number of halogens is 1. The summed E-state index contributed by atoms with van der Waals surface area (Å²) in [7, 11) is 1.46. The van der Waals surface area contributed by atoms with Gasteiger partial charge in [0.1, 0.15) is 5.15 Å². The summed E-state index contributed by atoms with van der Waals surface area (Å²) in [6.45, 7) is 2.00. The van der Waals surface area contributed by atoms with Gasteiger partial charge in [-0.1, -0.05) is 11.6 Å². The number of rotatable bonds is 2. The molecule has 1 N–H and O–H groups in total. The Labute approximate surface area is 106 Å². The zero-order chi connectivity index (χ0) is 12.4. The third kappa shape index (κ3) is 2.65. The molecule has 4 heteroatoms. The van der Waals surface area contributed by atoms with Crippen LogP contribution in [0.25, 0.3) is 0 Å². The molecule has 1 fully saturated rings. The monoisotopic (exact) mass is 255 g/mol. The fourth-order valence-corrected chi connectivity index (χ4v) is 2.75. The van der Waals surface area contributed by atoms with Crippen molar-refractivity contribution < 1.29 is 9.53 Å². The fourth-order valence-electron chi connectivity index (χ4n) is 2.58. The molecular weight excluding hydrogens is 238 g/mol. The number of hydrogen-bond donors (Lipinski definition) is 1. The molecule has 0 unspecified atom stereocenters. The van der Waals surface area contributed by atoms with Crippen molar-refractivity contribution in [2.45, 2.75) is 38.5 Å². The Morgan fingerprint density at radius 2 is 2.06 bits per heavy atom. The molecule has 1 aromatic rings. The Hall–Kier alpha value is -0.960. The molecule has 1 aliphatic carbocycles. The van der Waals surface area contributed by atoms with E-state index in [-0.39, 0.29) is 11.9 Å². The number of esters is 1. The molecule has 17 heavy (non-hydrogen) atoms. The third-order valence-electron chi connectivity index (χ3n) is 3.67. The standard InChI is InChI=1S/C13H18ClNO2/c1-8-7-11(15-12(8)14)9-3-5-10(6-4-9)13(16)17-2/h7,9-10,15H,3-6H2,1-2H3. The topological polar surface area (TPSA) is 42.1 Å². The Balaban J connectivity index is 1.97. The number of aromatic amines is 1. The average molecular weight is 256 g/mol. The van der Waals surface area contributed by atoms with Crippen LogP contribution in [-0.4, -0.2) is 18.1 Å². The van der Waals surface area contributed by atoms with Crippen LogP contribution < -0.4 is 0 Å². The second kappa shape index (κ2) is 5.13. The summed E-state index contributed by atoms with van der Waals surface area (Å²) in [5.41, 5.74) is 2.30. The summed E-state index contributed by atoms with van der Waals surface area (Å²) in [6, 6.07) is 2.12. The summed E-state index contributed by atoms with van der Waals surface area (Å²) in [5, 5.41) is 0.732. The summed E-state index contributed by atoms with van der Waals surface area (Å²) in [6.07, 6.45) is 3.87. The van der Waals surface area contributed by atoms with Gasteiger partial charge >= 0.3 is 5.97 Å². The van der Waals surface area contributed by atoms with Crippen molar-refractivity contribution in [2.24, 2.45) is 5.92 Å². The second-order valence-electron chi connectivity index (χ2n) is 4.79. The zero-order valence-electron chi connectivity index (χ0n) is 10.3. The molecule has 0 spiro atoms. The number of ether oxygens (including phenoxy) is 1. The molecule has 0 aliphatic heterocycles. The van der Waals surface area contributed by atoms with Gasteiger partial charge in [-0.3, -0.25) is 4.79 Å². The van der Waals surface area contributed by atoms with Crippen LogP contribution in [0.2, 0.25) is 5.15 Å². The van der Waals surface area contributed by atoms with Crippen molar-refractivity contribution in [2.75, 3.05) is 7.11 Å². The van der Waals surface area contributed by atoms with Gasteiger partial charge in [0.25, 0.3) is 0 Å². The van der Waals surface area contributed by atoms with Crippen molar-refractivity contribution in [1.82, 2.24) is 4.98 Å². The number of hydrogen-bond acceptors (Lipinski definition) is 2. The lowest BCUT2D eigenvalue weighted by Crippen LogP contribution is -2.22. The van der Waals surface area contributed by atoms with E-state index in [0.29, 0.717) is 5.92 Å². The molecule has 1 aliphatic rings. The number of H-pyrrole nitrogens is 1. The van der Waals surface area contributed by atoms with Gasteiger partial charge in [0.05, 0.1) is 13.0 Å². The van der Waals surface area contributed by atoms with Crippen LogP contribution in [0, 0.1) is 12.8 Å². The lowest BCUT2D eigenvalue weighted by molar-refractivity contribution is -0.146. The molecule has 1 aromatic heterocycles. The summed E-state index contributed by atoms with van der Waals surface area (Å²) < 4.78 is 4.79. The quantitative estimate of drug-likeness (QED) is 0.823. The highest BCUT2D eigenvalue weighted by atomic mass is 35.5. The molecule has 1 saturated carbocycles. The minimum atomic E-state index is -0.0656. The maximum absolute atomic E-state index is 11.4. The molecule has 0 radical (unpaired) electrons. The molecule has 1 heterocycles. The maximum atomic E-state index is 11.4. The van der Waals surface area contributed by atoms with E-state index in [1.807, 2.05) is 6.92 Å². The molecule has 0 saturated heterocycles. The average Bonchev–Trinajstić information content (AvgIpc) is 2.69. The van der Waals surface area contributed by atoms with E-state index in [4.69, 9.17) is 16.3 Å². The first-order valence-electron chi connectivity index (χ1n) is 6.04. The van der Waals surface area contributed by atoms with Crippen LogP contribution in [0.15, 0.2) is 6.07 Å². The van der Waals surface area contributed by atoms with Crippen molar-refractivity contribution in [3.8, 4) is 0 Å². The molecule has 0 aromatic carbocycles. The zero-order valence-corrected chi connectivity index (χ0v) is 11.0. The Morgan fingerprint density at radius 3 is 2.53 bits per heavy atom. The molecular formula is C13H18ClNO2. The molecule has 0 amide bonds. The molecule has 0 bridgehead atoms. The lowest BCUT2D eigenvalue weighted by atomic mass is 9.80. The van der Waals surface area contributed by atoms with E-state index in [0.717, 1.165) is 36.4 Å². The Morgan fingerprint density at radius 1 is 1.41 bits per heavy atom. The first kappa shape index (κ1) is 12.5. The van der Waals surface area contributed by atoms with Crippen molar-refractivity contribution in [3.63, 3.8) is 0 Å². The fraction of sp³-hybridized carbons (Fsp3) is 0.615. The highest BCUT2D eigenvalue weighted by molar-refractivity contribution is 6.30. The van der Waals surface area contributed by atoms with Gasteiger partial charge in [-0.05, 0) is 50.2 Å².